The molecule has 0 aliphatic carbocycles. The van der Waals surface area contributed by atoms with E-state index in [2.05, 4.69) is 64.1 Å². The van der Waals surface area contributed by atoms with Crippen LogP contribution in [0.25, 0.3) is 10.9 Å². The van der Waals surface area contributed by atoms with Gasteiger partial charge in [-0.25, -0.2) is 0 Å². The molecule has 8 atom stereocenters. The molecule has 19 N–H and O–H groups in total. The smallest absolute Gasteiger partial charge is 0.245 e. The van der Waals surface area contributed by atoms with Crippen LogP contribution in [0.2, 0.25) is 5.02 Å². The second kappa shape index (κ2) is 32.5. The van der Waals surface area contributed by atoms with Crippen molar-refractivity contribution in [1.29, 1.82) is 0 Å². The van der Waals surface area contributed by atoms with Crippen molar-refractivity contribution < 1.29 is 43.1 Å². The number of nitrogens with one attached hydrogen (secondary N) is 9. The maximum absolute atomic E-state index is 15.0. The second-order valence-electron chi connectivity index (χ2n) is 19.9. The van der Waals surface area contributed by atoms with Crippen molar-refractivity contribution in [2.45, 2.75) is 133 Å². The van der Waals surface area contributed by atoms with Crippen molar-refractivity contribution >= 4 is 81.7 Å². The summed E-state index contributed by atoms with van der Waals surface area (Å²) in [5.41, 5.74) is 31.2. The van der Waals surface area contributed by atoms with Crippen molar-refractivity contribution in [2.75, 3.05) is 19.6 Å². The van der Waals surface area contributed by atoms with Crippen molar-refractivity contribution in [1.82, 2.24) is 47.5 Å². The van der Waals surface area contributed by atoms with Crippen LogP contribution in [0, 0.1) is 0 Å². The lowest BCUT2D eigenvalue weighted by atomic mass is 10.0. The number of nitrogens with zero attached hydrogens (tertiary/aromatic N) is 2. The van der Waals surface area contributed by atoms with Crippen molar-refractivity contribution in [2.24, 2.45) is 38.7 Å². The van der Waals surface area contributed by atoms with E-state index in [1.807, 2.05) is 30.3 Å². The van der Waals surface area contributed by atoms with Gasteiger partial charge >= 0.3 is 0 Å². The number of nitrogens with two attached hydrogens (primary N) is 5. The molecule has 4 aromatic rings. The summed E-state index contributed by atoms with van der Waals surface area (Å²) in [6.45, 7) is 6.85. The first-order valence-corrected chi connectivity index (χ1v) is 27.4. The standard InChI is InChI=1S/C56H77ClN16O9/c1-32(58)40-20-11-25-63-47(75)24-23-44(70-49(76)42(67-34(3)74)21-12-26-64-55(59)60)51(78)73-48(33(2)82-31-35-14-5-4-6-15-35)54(81)72-45(28-36-16-7-9-18-39(36)57)53(80)69-43(22-13-27-65-56(61)62)50(77)71-46(52(79)68-40)29-37-30-66-41-19-10-8-17-38(37)41/h4-10,14-19,30,33,40,42-46,48,66H,1,11-13,20-29,31,58H2,2-3H3,(H,63,75)(H,67,74)(H,68,79)(H,69,80)(H,70,76)(H,71,77)(H,72,81)(H,73,78)(H4,59,60,64)(H4,61,62,65)/t33-,40+,42+,43+,44+,45-,46+,48+/m1/s1. The lowest BCUT2D eigenvalue weighted by molar-refractivity contribution is -0.138. The number of hydrogen-bond donors (Lipinski definition) is 14. The number of halogens is 1. The van der Waals surface area contributed by atoms with Crippen molar-refractivity contribution in [3.63, 3.8) is 0 Å². The lowest BCUT2D eigenvalue weighted by Crippen LogP contribution is -2.62. The minimum Gasteiger partial charge on any atom is -0.401 e. The predicted octanol–water partition coefficient (Wildman–Crippen LogP) is -0.105. The van der Waals surface area contributed by atoms with E-state index in [1.54, 1.807) is 54.7 Å². The largest absolute Gasteiger partial charge is 0.401 e. The van der Waals surface area contributed by atoms with Gasteiger partial charge in [-0.15, -0.1) is 0 Å². The fourth-order valence-electron chi connectivity index (χ4n) is 9.03. The Morgan fingerprint density at radius 2 is 1.34 bits per heavy atom. The Labute approximate surface area is 480 Å². The number of aromatic amines is 1. The maximum Gasteiger partial charge on any atom is 0.245 e. The number of aliphatic imine (C=N–C) groups is 2. The Bertz CT molecular complexity index is 2910. The summed E-state index contributed by atoms with van der Waals surface area (Å²) < 4.78 is 6.22. The molecule has 26 heteroatoms. The molecule has 1 aliphatic heterocycles. The molecular formula is C56H77ClN16O9. The summed E-state index contributed by atoms with van der Waals surface area (Å²) in [5, 5.41) is 23.1. The lowest BCUT2D eigenvalue weighted by Gasteiger charge is -2.30. The van der Waals surface area contributed by atoms with E-state index in [4.69, 9.17) is 45.0 Å². The van der Waals surface area contributed by atoms with Gasteiger partial charge in [0.05, 0.1) is 18.8 Å². The van der Waals surface area contributed by atoms with Crippen LogP contribution >= 0.6 is 11.6 Å². The predicted molar refractivity (Wildman–Crippen MR) is 312 cm³/mol. The molecule has 1 saturated heterocycles. The monoisotopic (exact) mass is 1150 g/mol. The minimum absolute atomic E-state index is 0.0202. The van der Waals surface area contributed by atoms with Crippen molar-refractivity contribution in [3.8, 4) is 0 Å². The highest BCUT2D eigenvalue weighted by atomic mass is 35.5. The number of H-pyrrole nitrogens is 1. The van der Waals surface area contributed by atoms with E-state index in [9.17, 15) is 33.6 Å². The number of amides is 8. The molecule has 442 valence electrons. The first kappa shape index (κ1) is 64.1. The Balaban J connectivity index is 1.59. The summed E-state index contributed by atoms with van der Waals surface area (Å²) in [6.07, 6.45) is 0.532. The Morgan fingerprint density at radius 1 is 0.732 bits per heavy atom. The number of carbonyl (C=O) groups is 8. The molecule has 5 rings (SSSR count). The average Bonchev–Trinajstić information content (AvgIpc) is 4.00. The zero-order chi connectivity index (χ0) is 59.7. The topological polar surface area (TPSA) is 413 Å². The highest BCUT2D eigenvalue weighted by molar-refractivity contribution is 6.31. The molecule has 1 fully saturated rings. The number of hydrogen-bond acceptors (Lipinski definition) is 12. The van der Waals surface area contributed by atoms with Gasteiger partial charge < -0.3 is 80.9 Å². The van der Waals surface area contributed by atoms with E-state index in [1.165, 1.54) is 13.8 Å². The van der Waals surface area contributed by atoms with Gasteiger partial charge in [-0.2, -0.15) is 0 Å². The van der Waals surface area contributed by atoms with E-state index in [0.717, 1.165) is 16.5 Å². The number of ether oxygens (including phenoxy) is 1. The van der Waals surface area contributed by atoms with Crippen molar-refractivity contribution in [3.05, 3.63) is 119 Å². The molecule has 1 aliphatic rings. The van der Waals surface area contributed by atoms with Gasteiger partial charge in [0.25, 0.3) is 0 Å². The Morgan fingerprint density at radius 3 is 2.02 bits per heavy atom. The fraction of sp³-hybridized carbons (Fsp3) is 0.429. The number of rotatable bonds is 20. The van der Waals surface area contributed by atoms with Gasteiger partial charge in [0, 0.05) is 73.6 Å². The number of aromatic nitrogens is 1. The second-order valence-corrected chi connectivity index (χ2v) is 20.3. The van der Waals surface area contributed by atoms with Gasteiger partial charge in [0.1, 0.15) is 36.3 Å². The van der Waals surface area contributed by atoms with E-state index < -0.39 is 95.7 Å². The minimum atomic E-state index is -1.61. The number of guanidine groups is 2. The summed E-state index contributed by atoms with van der Waals surface area (Å²) >= 11 is 6.67. The third-order valence-corrected chi connectivity index (χ3v) is 13.8. The Hall–Kier alpha value is -8.71. The fourth-order valence-corrected chi connectivity index (χ4v) is 9.24. The molecule has 0 unspecified atom stereocenters. The summed E-state index contributed by atoms with van der Waals surface area (Å²) in [6, 6.07) is 13.7. The quantitative estimate of drug-likeness (QED) is 0.0312. The molecule has 2 heterocycles. The van der Waals surface area contributed by atoms with E-state index >= 15 is 4.79 Å². The van der Waals surface area contributed by atoms with Gasteiger partial charge in [0.15, 0.2) is 11.9 Å². The molecule has 0 spiro atoms. The third kappa shape index (κ3) is 21.1. The SMILES string of the molecule is C=C(N)[C@@H]1CCCNC(=O)CC[C@H](NC(=O)[C@H](CCCN=C(N)N)NC(C)=O)C(=O)N[C@@H]([C@@H](C)OCc2ccccc2)C(=O)N[C@H](Cc2ccccc2Cl)C(=O)N[C@@H](CCCN=C(N)N)C(=O)N[C@@H](Cc2c[nH]c3ccccc23)C(=O)N1. The summed E-state index contributed by atoms with van der Waals surface area (Å²) in [5.74, 6) is -6.39. The molecule has 0 saturated carbocycles. The number of benzene rings is 3. The highest BCUT2D eigenvalue weighted by Gasteiger charge is 2.37. The molecular weight excluding hydrogens is 1080 g/mol. The molecule has 25 nitrogen and oxygen atoms in total. The maximum atomic E-state index is 15.0. The van der Waals surface area contributed by atoms with E-state index in [0.29, 0.717) is 11.1 Å². The van der Waals surface area contributed by atoms with Crippen LogP contribution in [0.4, 0.5) is 0 Å². The van der Waals surface area contributed by atoms with Gasteiger partial charge in [-0.05, 0) is 80.7 Å². The molecule has 8 amide bonds. The Kier molecular flexibility index (Phi) is 25.4. The molecule has 0 bridgehead atoms. The molecule has 82 heavy (non-hydrogen) atoms. The van der Waals surface area contributed by atoms with Crippen LogP contribution in [0.15, 0.2) is 107 Å². The van der Waals surface area contributed by atoms with Crippen LogP contribution < -0.4 is 71.2 Å². The van der Waals surface area contributed by atoms with Gasteiger partial charge in [0.2, 0.25) is 47.3 Å². The number of para-hydroxylation sites is 1. The van der Waals surface area contributed by atoms with E-state index in [-0.39, 0.29) is 113 Å². The van der Waals surface area contributed by atoms with Gasteiger partial charge in [-0.3, -0.25) is 48.3 Å². The normalized spacial score (nSPS) is 20.7. The average molecular weight is 1150 g/mol. The first-order valence-electron chi connectivity index (χ1n) is 27.0. The summed E-state index contributed by atoms with van der Waals surface area (Å²) in [7, 11) is 0. The van der Waals surface area contributed by atoms with Crippen LogP contribution in [-0.2, 0) is 62.5 Å². The zero-order valence-electron chi connectivity index (χ0n) is 46.1. The molecule has 1 aromatic heterocycles. The third-order valence-electron chi connectivity index (χ3n) is 13.4. The number of carbonyl (C=O) groups excluding carboxylic acids is 8. The zero-order valence-corrected chi connectivity index (χ0v) is 46.9. The highest BCUT2D eigenvalue weighted by Crippen LogP contribution is 2.21. The van der Waals surface area contributed by atoms with Crippen LogP contribution in [-0.4, -0.2) is 132 Å². The summed E-state index contributed by atoms with van der Waals surface area (Å²) in [4.78, 5) is 125. The van der Waals surface area contributed by atoms with Gasteiger partial charge in [-0.1, -0.05) is 84.9 Å². The molecule has 0 radical (unpaired) electrons. The van der Waals surface area contributed by atoms with Crippen LogP contribution in [0.3, 0.4) is 0 Å². The van der Waals surface area contributed by atoms with Crippen LogP contribution in [0.1, 0.15) is 81.9 Å². The first-order chi connectivity index (χ1) is 39.2. The van der Waals surface area contributed by atoms with Crippen LogP contribution in [0.5, 0.6) is 0 Å². The molecule has 3 aromatic carbocycles. The number of fused-ring (bicyclic) bond motifs is 1.